The second-order valence-corrected chi connectivity index (χ2v) is 3.66. The number of unbranched alkanes of at least 4 members (excludes halogenated alkanes) is 1. The SMILES string of the molecule is CCCC#Cc1cccc(SC)c1. The molecule has 0 unspecified atom stereocenters. The second-order valence-electron chi connectivity index (χ2n) is 2.78. The van der Waals surface area contributed by atoms with Crippen molar-refractivity contribution in [2.24, 2.45) is 0 Å². The zero-order valence-electron chi connectivity index (χ0n) is 8.13. The summed E-state index contributed by atoms with van der Waals surface area (Å²) in [5.41, 5.74) is 1.13. The summed E-state index contributed by atoms with van der Waals surface area (Å²) in [7, 11) is 0. The highest BCUT2D eigenvalue weighted by Crippen LogP contribution is 2.14. The van der Waals surface area contributed by atoms with Crippen molar-refractivity contribution in [3.8, 4) is 11.8 Å². The van der Waals surface area contributed by atoms with E-state index in [0.29, 0.717) is 0 Å². The summed E-state index contributed by atoms with van der Waals surface area (Å²) in [4.78, 5) is 1.28. The molecule has 0 saturated heterocycles. The minimum atomic E-state index is 0.990. The fraction of sp³-hybridized carbons (Fsp3) is 0.333. The Kier molecular flexibility index (Phi) is 4.49. The number of hydrogen-bond acceptors (Lipinski definition) is 1. The van der Waals surface area contributed by atoms with Crippen LogP contribution in [0.5, 0.6) is 0 Å². The molecule has 0 aliphatic rings. The minimum Gasteiger partial charge on any atom is -0.130 e. The summed E-state index contributed by atoms with van der Waals surface area (Å²) in [6.45, 7) is 2.15. The lowest BCUT2D eigenvalue weighted by atomic mass is 10.2. The third-order valence-corrected chi connectivity index (χ3v) is 2.40. The highest BCUT2D eigenvalue weighted by molar-refractivity contribution is 7.98. The topological polar surface area (TPSA) is 0 Å². The Morgan fingerprint density at radius 1 is 1.38 bits per heavy atom. The molecule has 0 N–H and O–H groups in total. The first-order chi connectivity index (χ1) is 6.36. The molecule has 0 bridgehead atoms. The molecule has 0 aliphatic heterocycles. The van der Waals surface area contributed by atoms with Crippen molar-refractivity contribution in [3.05, 3.63) is 29.8 Å². The highest BCUT2D eigenvalue weighted by Gasteiger charge is 1.89. The molecular formula is C12H14S. The van der Waals surface area contributed by atoms with Crippen LogP contribution in [0.2, 0.25) is 0 Å². The fourth-order valence-corrected chi connectivity index (χ4v) is 1.45. The van der Waals surface area contributed by atoms with Crippen molar-refractivity contribution in [2.75, 3.05) is 6.26 Å². The average Bonchev–Trinajstić information content (AvgIpc) is 2.19. The van der Waals surface area contributed by atoms with E-state index in [9.17, 15) is 0 Å². The molecule has 0 saturated carbocycles. The molecule has 13 heavy (non-hydrogen) atoms. The summed E-state index contributed by atoms with van der Waals surface area (Å²) in [6.07, 6.45) is 4.21. The van der Waals surface area contributed by atoms with Crippen molar-refractivity contribution in [3.63, 3.8) is 0 Å². The normalized spacial score (nSPS) is 9.08. The molecule has 0 heterocycles. The molecule has 0 atom stereocenters. The molecule has 0 fully saturated rings. The van der Waals surface area contributed by atoms with Crippen LogP contribution < -0.4 is 0 Å². The first kappa shape index (κ1) is 10.2. The van der Waals surface area contributed by atoms with E-state index >= 15 is 0 Å². The quantitative estimate of drug-likeness (QED) is 0.507. The van der Waals surface area contributed by atoms with Crippen LogP contribution in [0.4, 0.5) is 0 Å². The lowest BCUT2D eigenvalue weighted by molar-refractivity contribution is 0.983. The molecule has 1 heteroatoms. The maximum Gasteiger partial charge on any atom is 0.0256 e. The highest BCUT2D eigenvalue weighted by atomic mass is 32.2. The zero-order chi connectivity index (χ0) is 9.52. The predicted octanol–water partition coefficient (Wildman–Crippen LogP) is 3.56. The van der Waals surface area contributed by atoms with Gasteiger partial charge >= 0.3 is 0 Å². The molecule has 0 aliphatic carbocycles. The van der Waals surface area contributed by atoms with Gasteiger partial charge in [0.05, 0.1) is 0 Å². The van der Waals surface area contributed by atoms with E-state index in [1.165, 1.54) is 4.90 Å². The van der Waals surface area contributed by atoms with Crippen molar-refractivity contribution in [1.29, 1.82) is 0 Å². The third-order valence-electron chi connectivity index (χ3n) is 1.68. The van der Waals surface area contributed by atoms with Gasteiger partial charge in [0.15, 0.2) is 0 Å². The molecule has 0 spiro atoms. The summed E-state index contributed by atoms with van der Waals surface area (Å²) in [5, 5.41) is 0. The molecule has 0 aromatic heterocycles. The van der Waals surface area contributed by atoms with Crippen molar-refractivity contribution >= 4 is 11.8 Å². The third kappa shape index (κ3) is 3.57. The van der Waals surface area contributed by atoms with Gasteiger partial charge in [-0.1, -0.05) is 24.8 Å². The first-order valence-corrected chi connectivity index (χ1v) is 5.72. The van der Waals surface area contributed by atoms with Gasteiger partial charge in [-0.05, 0) is 30.9 Å². The van der Waals surface area contributed by atoms with Crippen LogP contribution in [0.25, 0.3) is 0 Å². The Morgan fingerprint density at radius 3 is 2.92 bits per heavy atom. The van der Waals surface area contributed by atoms with Gasteiger partial charge in [0.1, 0.15) is 0 Å². The molecule has 1 rings (SSSR count). The Balaban J connectivity index is 2.73. The van der Waals surface area contributed by atoms with E-state index in [4.69, 9.17) is 0 Å². The van der Waals surface area contributed by atoms with Crippen LogP contribution in [-0.4, -0.2) is 6.26 Å². The monoisotopic (exact) mass is 190 g/mol. The summed E-state index contributed by atoms with van der Waals surface area (Å²) >= 11 is 1.75. The molecule has 1 aromatic carbocycles. The average molecular weight is 190 g/mol. The van der Waals surface area contributed by atoms with Crippen molar-refractivity contribution in [1.82, 2.24) is 0 Å². The van der Waals surface area contributed by atoms with Crippen LogP contribution in [0.3, 0.4) is 0 Å². The number of benzene rings is 1. The Bertz CT molecular complexity index is 317. The van der Waals surface area contributed by atoms with E-state index in [0.717, 1.165) is 18.4 Å². The van der Waals surface area contributed by atoms with Crippen LogP contribution >= 0.6 is 11.8 Å². The smallest absolute Gasteiger partial charge is 0.0256 e. The van der Waals surface area contributed by atoms with Gasteiger partial charge in [0.2, 0.25) is 0 Å². The number of thioether (sulfide) groups is 1. The Labute approximate surface area is 84.7 Å². The van der Waals surface area contributed by atoms with E-state index < -0.39 is 0 Å². The van der Waals surface area contributed by atoms with Gasteiger partial charge in [0, 0.05) is 16.9 Å². The van der Waals surface area contributed by atoms with Crippen LogP contribution in [0, 0.1) is 11.8 Å². The van der Waals surface area contributed by atoms with Gasteiger partial charge in [-0.2, -0.15) is 0 Å². The number of hydrogen-bond donors (Lipinski definition) is 0. The summed E-state index contributed by atoms with van der Waals surface area (Å²) in [5.74, 6) is 6.30. The number of rotatable bonds is 2. The van der Waals surface area contributed by atoms with Gasteiger partial charge in [-0.25, -0.2) is 0 Å². The molecule has 1 aromatic rings. The van der Waals surface area contributed by atoms with Crippen molar-refractivity contribution in [2.45, 2.75) is 24.7 Å². The summed E-state index contributed by atoms with van der Waals surface area (Å²) in [6, 6.07) is 8.35. The van der Waals surface area contributed by atoms with Crippen LogP contribution in [0.15, 0.2) is 29.2 Å². The van der Waals surface area contributed by atoms with E-state index in [1.54, 1.807) is 11.8 Å². The van der Waals surface area contributed by atoms with E-state index in [2.05, 4.69) is 49.3 Å². The van der Waals surface area contributed by atoms with Crippen LogP contribution in [0.1, 0.15) is 25.3 Å². The summed E-state index contributed by atoms with van der Waals surface area (Å²) < 4.78 is 0. The van der Waals surface area contributed by atoms with Crippen LogP contribution in [-0.2, 0) is 0 Å². The maximum absolute atomic E-state index is 3.16. The van der Waals surface area contributed by atoms with Gasteiger partial charge in [-0.3, -0.25) is 0 Å². The minimum absolute atomic E-state index is 0.990. The lowest BCUT2D eigenvalue weighted by Gasteiger charge is -1.95. The Morgan fingerprint density at radius 2 is 2.23 bits per heavy atom. The molecule has 0 amide bonds. The standard InChI is InChI=1S/C12H14S/c1-3-4-5-7-11-8-6-9-12(10-11)13-2/h6,8-10H,3-4H2,1-2H3. The molecule has 68 valence electrons. The molecule has 0 radical (unpaired) electrons. The fourth-order valence-electron chi connectivity index (χ4n) is 0.990. The predicted molar refractivity (Wildman–Crippen MR) is 60.0 cm³/mol. The molecular weight excluding hydrogens is 176 g/mol. The lowest BCUT2D eigenvalue weighted by Crippen LogP contribution is -1.75. The van der Waals surface area contributed by atoms with Gasteiger partial charge in [0.25, 0.3) is 0 Å². The van der Waals surface area contributed by atoms with E-state index in [1.807, 2.05) is 0 Å². The largest absolute Gasteiger partial charge is 0.130 e. The molecule has 0 nitrogen and oxygen atoms in total. The zero-order valence-corrected chi connectivity index (χ0v) is 8.95. The van der Waals surface area contributed by atoms with Gasteiger partial charge in [-0.15, -0.1) is 11.8 Å². The van der Waals surface area contributed by atoms with E-state index in [-0.39, 0.29) is 0 Å². The maximum atomic E-state index is 3.16. The van der Waals surface area contributed by atoms with Crippen molar-refractivity contribution < 1.29 is 0 Å². The first-order valence-electron chi connectivity index (χ1n) is 4.49. The Hall–Kier alpha value is -0.870. The van der Waals surface area contributed by atoms with Gasteiger partial charge < -0.3 is 0 Å². The second kappa shape index (κ2) is 5.72.